The minimum absolute atomic E-state index is 0.106. The lowest BCUT2D eigenvalue weighted by atomic mass is 10.0. The van der Waals surface area contributed by atoms with Gasteiger partial charge in [-0.25, -0.2) is 4.98 Å². The minimum atomic E-state index is -0.477. The van der Waals surface area contributed by atoms with E-state index in [0.717, 1.165) is 0 Å². The Morgan fingerprint density at radius 1 is 1.60 bits per heavy atom. The third kappa shape index (κ3) is 3.26. The van der Waals surface area contributed by atoms with E-state index < -0.39 is 5.60 Å². The second-order valence-corrected chi connectivity index (χ2v) is 5.79. The number of hydrogen-bond acceptors (Lipinski definition) is 5. The van der Waals surface area contributed by atoms with Crippen LogP contribution in [0, 0.1) is 6.92 Å². The van der Waals surface area contributed by atoms with Crippen molar-refractivity contribution in [2.24, 2.45) is 0 Å². The SMILES string of the molecule is Cc1cc(C(=O)N2CC(CO)OC(C)(C)C2)cc(N)n1. The molecule has 2 heterocycles. The zero-order chi connectivity index (χ0) is 14.9. The molecule has 3 N–H and O–H groups in total. The monoisotopic (exact) mass is 279 g/mol. The maximum atomic E-state index is 12.6. The summed E-state index contributed by atoms with van der Waals surface area (Å²) < 4.78 is 5.71. The molecular weight excluding hydrogens is 258 g/mol. The van der Waals surface area contributed by atoms with Crippen molar-refractivity contribution in [1.29, 1.82) is 0 Å². The molecule has 0 spiro atoms. The molecule has 6 heteroatoms. The molecule has 1 aromatic rings. The molecule has 0 bridgehead atoms. The van der Waals surface area contributed by atoms with Crippen molar-refractivity contribution in [1.82, 2.24) is 9.88 Å². The summed E-state index contributed by atoms with van der Waals surface area (Å²) in [5, 5.41) is 9.29. The third-order valence-corrected chi connectivity index (χ3v) is 3.19. The molecular formula is C14H21N3O3. The molecule has 1 amide bonds. The van der Waals surface area contributed by atoms with E-state index in [1.165, 1.54) is 0 Å². The molecule has 1 aliphatic rings. The quantitative estimate of drug-likeness (QED) is 0.827. The van der Waals surface area contributed by atoms with Gasteiger partial charge in [-0.15, -0.1) is 0 Å². The number of amides is 1. The van der Waals surface area contributed by atoms with Crippen LogP contribution in [0.2, 0.25) is 0 Å². The van der Waals surface area contributed by atoms with Gasteiger partial charge in [-0.05, 0) is 32.9 Å². The molecule has 0 saturated carbocycles. The van der Waals surface area contributed by atoms with E-state index in [-0.39, 0.29) is 18.6 Å². The fourth-order valence-electron chi connectivity index (χ4n) is 2.55. The van der Waals surface area contributed by atoms with Crippen LogP contribution in [0.1, 0.15) is 29.9 Å². The van der Waals surface area contributed by atoms with E-state index in [2.05, 4.69) is 4.98 Å². The van der Waals surface area contributed by atoms with Gasteiger partial charge in [-0.2, -0.15) is 0 Å². The highest BCUT2D eigenvalue weighted by Gasteiger charge is 2.35. The van der Waals surface area contributed by atoms with E-state index in [4.69, 9.17) is 10.5 Å². The van der Waals surface area contributed by atoms with Crippen molar-refractivity contribution in [2.45, 2.75) is 32.5 Å². The molecule has 1 aromatic heterocycles. The normalized spacial score (nSPS) is 21.8. The Kier molecular flexibility index (Phi) is 3.96. The van der Waals surface area contributed by atoms with Crippen LogP contribution in [-0.4, -0.2) is 52.3 Å². The van der Waals surface area contributed by atoms with Gasteiger partial charge in [0.15, 0.2) is 0 Å². The fourth-order valence-corrected chi connectivity index (χ4v) is 2.55. The molecule has 1 aliphatic heterocycles. The first-order valence-electron chi connectivity index (χ1n) is 6.63. The van der Waals surface area contributed by atoms with Crippen molar-refractivity contribution in [3.8, 4) is 0 Å². The Morgan fingerprint density at radius 3 is 2.90 bits per heavy atom. The predicted octanol–water partition coefficient (Wildman–Crippen LogP) is 0.584. The Bertz CT molecular complexity index is 496. The minimum Gasteiger partial charge on any atom is -0.394 e. The number of hydrogen-bond donors (Lipinski definition) is 2. The summed E-state index contributed by atoms with van der Waals surface area (Å²) in [7, 11) is 0. The van der Waals surface area contributed by atoms with Crippen LogP contribution in [0.4, 0.5) is 5.82 Å². The van der Waals surface area contributed by atoms with E-state index in [0.29, 0.717) is 30.2 Å². The highest BCUT2D eigenvalue weighted by Crippen LogP contribution is 2.22. The fraction of sp³-hybridized carbons (Fsp3) is 0.571. The molecule has 1 atom stereocenters. The van der Waals surface area contributed by atoms with Gasteiger partial charge in [0.1, 0.15) is 5.82 Å². The maximum absolute atomic E-state index is 12.6. The number of nitrogens with zero attached hydrogens (tertiary/aromatic N) is 2. The highest BCUT2D eigenvalue weighted by molar-refractivity contribution is 5.95. The predicted molar refractivity (Wildman–Crippen MR) is 75.3 cm³/mol. The van der Waals surface area contributed by atoms with Crippen molar-refractivity contribution in [3.63, 3.8) is 0 Å². The van der Waals surface area contributed by atoms with Gasteiger partial charge in [0, 0.05) is 24.3 Å². The lowest BCUT2D eigenvalue weighted by molar-refractivity contribution is -0.139. The summed E-state index contributed by atoms with van der Waals surface area (Å²) in [6.45, 7) is 6.35. The zero-order valence-corrected chi connectivity index (χ0v) is 12.1. The molecule has 110 valence electrons. The number of rotatable bonds is 2. The number of carbonyl (C=O) groups is 1. The summed E-state index contributed by atoms with van der Waals surface area (Å²) in [6, 6.07) is 3.29. The number of carbonyl (C=O) groups excluding carboxylic acids is 1. The number of ether oxygens (including phenoxy) is 1. The number of aliphatic hydroxyl groups is 1. The molecule has 6 nitrogen and oxygen atoms in total. The van der Waals surface area contributed by atoms with Crippen LogP contribution >= 0.6 is 0 Å². The van der Waals surface area contributed by atoms with Crippen molar-refractivity contribution in [3.05, 3.63) is 23.4 Å². The first-order valence-corrected chi connectivity index (χ1v) is 6.63. The number of aromatic nitrogens is 1. The molecule has 1 saturated heterocycles. The number of morpholine rings is 1. The van der Waals surface area contributed by atoms with Crippen molar-refractivity contribution >= 4 is 11.7 Å². The van der Waals surface area contributed by atoms with Crippen LogP contribution < -0.4 is 5.73 Å². The number of pyridine rings is 1. The van der Waals surface area contributed by atoms with Gasteiger partial charge in [0.05, 0.1) is 18.3 Å². The smallest absolute Gasteiger partial charge is 0.254 e. The Morgan fingerprint density at radius 2 is 2.30 bits per heavy atom. The van der Waals surface area contributed by atoms with Crippen LogP contribution in [-0.2, 0) is 4.74 Å². The highest BCUT2D eigenvalue weighted by atomic mass is 16.5. The van der Waals surface area contributed by atoms with Gasteiger partial charge in [-0.3, -0.25) is 4.79 Å². The summed E-state index contributed by atoms with van der Waals surface area (Å²) in [4.78, 5) is 18.3. The van der Waals surface area contributed by atoms with Crippen LogP contribution in [0.15, 0.2) is 12.1 Å². The van der Waals surface area contributed by atoms with Gasteiger partial charge in [0.25, 0.3) is 5.91 Å². The van der Waals surface area contributed by atoms with E-state index >= 15 is 0 Å². The largest absolute Gasteiger partial charge is 0.394 e. The molecule has 0 aliphatic carbocycles. The summed E-state index contributed by atoms with van der Waals surface area (Å²) in [6.07, 6.45) is -0.358. The van der Waals surface area contributed by atoms with Crippen molar-refractivity contribution < 1.29 is 14.6 Å². The molecule has 0 aromatic carbocycles. The number of aliphatic hydroxyl groups excluding tert-OH is 1. The Labute approximate surface area is 118 Å². The zero-order valence-electron chi connectivity index (χ0n) is 12.1. The Balaban J connectivity index is 2.23. The molecule has 20 heavy (non-hydrogen) atoms. The number of anilines is 1. The molecule has 2 rings (SSSR count). The average Bonchev–Trinajstić information content (AvgIpc) is 2.34. The maximum Gasteiger partial charge on any atom is 0.254 e. The second kappa shape index (κ2) is 5.38. The topological polar surface area (TPSA) is 88.7 Å². The van der Waals surface area contributed by atoms with Crippen LogP contribution in [0.25, 0.3) is 0 Å². The van der Waals surface area contributed by atoms with Gasteiger partial charge in [0.2, 0.25) is 0 Å². The van der Waals surface area contributed by atoms with Gasteiger partial charge in [-0.1, -0.05) is 0 Å². The summed E-state index contributed by atoms with van der Waals surface area (Å²) in [5.41, 5.74) is 6.44. The van der Waals surface area contributed by atoms with Gasteiger partial charge < -0.3 is 20.5 Å². The summed E-state index contributed by atoms with van der Waals surface area (Å²) in [5.74, 6) is 0.219. The number of nitrogen functional groups attached to an aromatic ring is 1. The first-order chi connectivity index (χ1) is 9.30. The van der Waals surface area contributed by atoms with E-state index in [1.807, 2.05) is 13.8 Å². The number of aryl methyl sites for hydroxylation is 1. The van der Waals surface area contributed by atoms with Crippen LogP contribution in [0.3, 0.4) is 0 Å². The lowest BCUT2D eigenvalue weighted by Gasteiger charge is -2.42. The Hall–Kier alpha value is -1.66. The average molecular weight is 279 g/mol. The lowest BCUT2D eigenvalue weighted by Crippen LogP contribution is -2.55. The number of nitrogens with two attached hydrogens (primary N) is 1. The molecule has 1 unspecified atom stereocenters. The van der Waals surface area contributed by atoms with Crippen molar-refractivity contribution in [2.75, 3.05) is 25.4 Å². The standard InChI is InChI=1S/C14H21N3O3/c1-9-4-10(5-12(15)16-9)13(19)17-6-11(7-18)20-14(2,3)8-17/h4-5,11,18H,6-8H2,1-3H3,(H2,15,16). The van der Waals surface area contributed by atoms with E-state index in [1.54, 1.807) is 24.0 Å². The first kappa shape index (κ1) is 14.7. The third-order valence-electron chi connectivity index (χ3n) is 3.19. The van der Waals surface area contributed by atoms with E-state index in [9.17, 15) is 9.90 Å². The summed E-state index contributed by atoms with van der Waals surface area (Å²) >= 11 is 0. The molecule has 0 radical (unpaired) electrons. The van der Waals surface area contributed by atoms with Crippen LogP contribution in [0.5, 0.6) is 0 Å². The second-order valence-electron chi connectivity index (χ2n) is 5.79. The molecule has 1 fully saturated rings. The van der Waals surface area contributed by atoms with Gasteiger partial charge >= 0.3 is 0 Å².